The van der Waals surface area contributed by atoms with Gasteiger partial charge in [0.1, 0.15) is 0 Å². The van der Waals surface area contributed by atoms with Crippen LogP contribution in [0.5, 0.6) is 0 Å². The molecule has 0 aromatic carbocycles. The molecule has 1 heterocycles. The molecule has 0 radical (unpaired) electrons. The van der Waals surface area contributed by atoms with Crippen molar-refractivity contribution in [2.24, 2.45) is 40.4 Å². The number of fused-ring (bicyclic) bond motifs is 1. The molecule has 1 aliphatic heterocycles. The van der Waals surface area contributed by atoms with Crippen molar-refractivity contribution >= 4 is 17.5 Å². The number of hydrogen-bond donors (Lipinski definition) is 0. The van der Waals surface area contributed by atoms with E-state index in [-0.39, 0.29) is 40.1 Å². The summed E-state index contributed by atoms with van der Waals surface area (Å²) in [4.78, 5) is 16.6. The second-order valence-electron chi connectivity index (χ2n) is 17.7. The van der Waals surface area contributed by atoms with Gasteiger partial charge in [-0.25, -0.2) is 0 Å². The Morgan fingerprint density at radius 3 is 2.00 bits per heavy atom. The zero-order valence-electron chi connectivity index (χ0n) is 31.3. The predicted octanol–water partition coefficient (Wildman–Crippen LogP) is 12.2. The van der Waals surface area contributed by atoms with Gasteiger partial charge in [0.25, 0.3) is 0 Å². The van der Waals surface area contributed by atoms with Crippen LogP contribution in [0.15, 0.2) is 80.4 Å². The number of carbonyl (C=O) groups excluding carboxylic acids is 1. The monoisotopic (exact) mass is 645 g/mol. The third kappa shape index (κ3) is 12.2. The van der Waals surface area contributed by atoms with Crippen LogP contribution in [0.4, 0.5) is 0 Å². The van der Waals surface area contributed by atoms with Crippen LogP contribution in [0.3, 0.4) is 0 Å². The van der Waals surface area contributed by atoms with E-state index >= 15 is 0 Å². The molecule has 1 fully saturated rings. The van der Waals surface area contributed by atoms with Gasteiger partial charge in [0.05, 0.1) is 0 Å². The van der Waals surface area contributed by atoms with Crippen molar-refractivity contribution in [3.63, 3.8) is 0 Å². The summed E-state index contributed by atoms with van der Waals surface area (Å²) >= 11 is 1.90. The highest BCUT2D eigenvalue weighted by molar-refractivity contribution is 8.06. The van der Waals surface area contributed by atoms with Crippen LogP contribution in [-0.2, 0) is 4.79 Å². The van der Waals surface area contributed by atoms with E-state index in [9.17, 15) is 9.90 Å². The number of carbonyl (C=O) groups is 1. The summed E-state index contributed by atoms with van der Waals surface area (Å²) in [5.41, 5.74) is 5.49. The van der Waals surface area contributed by atoms with Crippen molar-refractivity contribution in [2.75, 3.05) is 0 Å². The van der Waals surface area contributed by atoms with Gasteiger partial charge in [0.15, 0.2) is 5.78 Å². The number of thioether (sulfide) groups is 1. The quantitative estimate of drug-likeness (QED) is 0.157. The van der Waals surface area contributed by atoms with Crippen LogP contribution in [-0.4, -0.2) is 5.78 Å². The Morgan fingerprint density at radius 2 is 1.46 bits per heavy atom. The Balaban J connectivity index is 1.88. The largest absolute Gasteiger partial charge is 0.875 e. The van der Waals surface area contributed by atoms with Gasteiger partial charge in [-0.2, -0.15) is 0 Å². The van der Waals surface area contributed by atoms with Gasteiger partial charge < -0.3 is 5.11 Å². The van der Waals surface area contributed by atoms with Crippen molar-refractivity contribution in [3.8, 4) is 0 Å². The summed E-state index contributed by atoms with van der Waals surface area (Å²) in [5.74, 6) is 1.01. The lowest BCUT2D eigenvalue weighted by molar-refractivity contribution is -0.310. The van der Waals surface area contributed by atoms with E-state index in [0.717, 1.165) is 68.1 Å². The van der Waals surface area contributed by atoms with Crippen LogP contribution in [0.2, 0.25) is 0 Å². The van der Waals surface area contributed by atoms with E-state index in [2.05, 4.69) is 107 Å². The Bertz CT molecular complexity index is 1290. The molecule has 2 aliphatic carbocycles. The first-order valence-corrected chi connectivity index (χ1v) is 19.0. The minimum absolute atomic E-state index is 0.0180. The first-order chi connectivity index (χ1) is 21.3. The Hall–Kier alpha value is -2.00. The zero-order valence-corrected chi connectivity index (χ0v) is 32.1. The highest BCUT2D eigenvalue weighted by Gasteiger charge is 2.59. The van der Waals surface area contributed by atoms with E-state index in [1.807, 2.05) is 17.8 Å². The molecule has 3 atom stereocenters. The van der Waals surface area contributed by atoms with Crippen LogP contribution in [0.25, 0.3) is 0 Å². The average Bonchev–Trinajstić information content (AvgIpc) is 3.62. The number of allylic oxidation sites excluding steroid dienone is 13. The minimum atomic E-state index is -0.225. The van der Waals surface area contributed by atoms with Crippen molar-refractivity contribution in [2.45, 2.75) is 140 Å². The van der Waals surface area contributed by atoms with Crippen LogP contribution >= 0.6 is 11.8 Å². The lowest BCUT2D eigenvalue weighted by Crippen LogP contribution is -2.13. The molecular weight excluding hydrogens is 581 g/mol. The van der Waals surface area contributed by atoms with Crippen LogP contribution < -0.4 is 5.11 Å². The predicted molar refractivity (Wildman–Crippen MR) is 200 cm³/mol. The fourth-order valence-corrected chi connectivity index (χ4v) is 7.72. The summed E-state index contributed by atoms with van der Waals surface area (Å²) in [7, 11) is 0. The Morgan fingerprint density at radius 1 is 0.870 bits per heavy atom. The van der Waals surface area contributed by atoms with E-state index < -0.39 is 0 Å². The first-order valence-electron chi connectivity index (χ1n) is 18.2. The normalized spacial score (nSPS) is 23.5. The summed E-state index contributed by atoms with van der Waals surface area (Å²) in [5, 5.41) is 13.9. The van der Waals surface area contributed by atoms with Gasteiger partial charge >= 0.3 is 0 Å². The van der Waals surface area contributed by atoms with Crippen molar-refractivity contribution in [3.05, 3.63) is 80.4 Å². The molecule has 0 N–H and O–H groups in total. The molecule has 1 saturated carbocycles. The lowest BCUT2D eigenvalue weighted by Gasteiger charge is -2.22. The molecule has 0 spiro atoms. The maximum absolute atomic E-state index is 13.9. The SMILES string of the molecule is C=C(/C=C(\C=C(/C)CCCC(C)C)C1C2C(=O)C(/C=C3/C=C(CCCC(C)C)SC(CCC(C)(C)C)=C3)=C([O-])C21)CCC(C)(C)C. The molecule has 0 aromatic rings. The summed E-state index contributed by atoms with van der Waals surface area (Å²) < 4.78 is 0. The maximum atomic E-state index is 13.9. The molecule has 0 aromatic heterocycles. The third-order valence-corrected chi connectivity index (χ3v) is 10.6. The maximum Gasteiger partial charge on any atom is 0.166 e. The topological polar surface area (TPSA) is 40.1 Å². The molecule has 3 aliphatic rings. The summed E-state index contributed by atoms with van der Waals surface area (Å²) in [6.07, 6.45) is 21.8. The molecule has 3 heteroatoms. The number of hydrogen-bond acceptors (Lipinski definition) is 3. The van der Waals surface area contributed by atoms with Gasteiger partial charge in [0.2, 0.25) is 0 Å². The molecule has 3 unspecified atom stereocenters. The summed E-state index contributed by atoms with van der Waals surface area (Å²) in [6.45, 7) is 29.3. The van der Waals surface area contributed by atoms with E-state index in [0.29, 0.717) is 17.4 Å². The molecule has 3 rings (SSSR count). The molecular formula is C43H65O2S-. The third-order valence-electron chi connectivity index (χ3n) is 9.43. The van der Waals surface area contributed by atoms with E-state index in [1.54, 1.807) is 0 Å². The average molecular weight is 646 g/mol. The van der Waals surface area contributed by atoms with Crippen molar-refractivity contribution < 1.29 is 9.90 Å². The lowest BCUT2D eigenvalue weighted by atomic mass is 9.88. The number of rotatable bonds is 16. The summed E-state index contributed by atoms with van der Waals surface area (Å²) in [6, 6.07) is 0. The highest BCUT2D eigenvalue weighted by atomic mass is 32.2. The second kappa shape index (κ2) is 16.4. The standard InChI is InChI=1S/C43H66O2S/c1-28(2)15-13-17-30(5)23-33(24-31(6)19-21-42(7,8)9)37-38-39(37)41(45)36(40(38)44)27-32-25-34(18-14-16-29(3)4)46-35(26-32)20-22-43(10,11)12/h23-29,37-39,44H,6,13-22H2,1-5,7-12H3/p-1/b30-23+,32-27-,33-24+. The van der Waals surface area contributed by atoms with Crippen LogP contribution in [0.1, 0.15) is 140 Å². The van der Waals surface area contributed by atoms with Gasteiger partial charge in [-0.15, -0.1) is 5.76 Å². The van der Waals surface area contributed by atoms with Crippen molar-refractivity contribution in [1.82, 2.24) is 0 Å². The van der Waals surface area contributed by atoms with Gasteiger partial charge in [-0.3, -0.25) is 4.79 Å². The highest BCUT2D eigenvalue weighted by Crippen LogP contribution is 2.60. The van der Waals surface area contributed by atoms with E-state index in [1.165, 1.54) is 28.2 Å². The number of ketones is 1. The second-order valence-corrected chi connectivity index (χ2v) is 18.9. The minimum Gasteiger partial charge on any atom is -0.875 e. The molecule has 46 heavy (non-hydrogen) atoms. The van der Waals surface area contributed by atoms with Gasteiger partial charge in [0, 0.05) is 17.4 Å². The molecule has 0 bridgehead atoms. The molecule has 2 nitrogen and oxygen atoms in total. The Kier molecular flexibility index (Phi) is 13.7. The fourth-order valence-electron chi connectivity index (χ4n) is 6.54. The fraction of sp³-hybridized carbons (Fsp3) is 0.651. The van der Waals surface area contributed by atoms with Gasteiger partial charge in [-0.1, -0.05) is 124 Å². The number of Topliss-reactive ketones (excluding diaryl/α,β-unsaturated/α-hetero) is 1. The van der Waals surface area contributed by atoms with E-state index in [4.69, 9.17) is 0 Å². The zero-order chi connectivity index (χ0) is 34.4. The smallest absolute Gasteiger partial charge is 0.166 e. The van der Waals surface area contributed by atoms with Crippen LogP contribution in [0, 0.1) is 40.4 Å². The molecule has 0 amide bonds. The molecule has 256 valence electrons. The van der Waals surface area contributed by atoms with Crippen molar-refractivity contribution in [1.29, 1.82) is 0 Å². The first kappa shape index (κ1) is 38.4. The molecule has 0 saturated heterocycles. The Labute approximate surface area is 287 Å². The van der Waals surface area contributed by atoms with Gasteiger partial charge in [-0.05, 0) is 126 Å².